The molecule has 0 heterocycles. The first-order valence-electron chi connectivity index (χ1n) is 19.5. The van der Waals surface area contributed by atoms with Gasteiger partial charge in [-0.25, -0.2) is 4.79 Å². The quantitative estimate of drug-likeness (QED) is 0.180. The van der Waals surface area contributed by atoms with Crippen LogP contribution in [-0.4, -0.2) is 27.4 Å². The Morgan fingerprint density at radius 1 is 0.898 bits per heavy atom. The summed E-state index contributed by atoms with van der Waals surface area (Å²) >= 11 is 0. The lowest BCUT2D eigenvalue weighted by atomic mass is 9.34. The third kappa shape index (κ3) is 5.40. The number of carbonyl (C=O) groups excluding carboxylic acids is 2. The van der Waals surface area contributed by atoms with Gasteiger partial charge >= 0.3 is 5.97 Å². The Labute approximate surface area is 299 Å². The summed E-state index contributed by atoms with van der Waals surface area (Å²) in [6, 6.07) is 8.07. The molecule has 9 unspecified atom stereocenters. The molecular weight excluding hydrogens is 621 g/mol. The van der Waals surface area contributed by atoms with E-state index in [0.717, 1.165) is 25.7 Å². The highest BCUT2D eigenvalue weighted by Crippen LogP contribution is 2.75. The predicted molar refractivity (Wildman–Crippen MR) is 203 cm³/mol. The monoisotopic (exact) mass is 686 g/mol. The summed E-state index contributed by atoms with van der Waals surface area (Å²) in [5, 5.41) is 0.0179. The van der Waals surface area contributed by atoms with E-state index < -0.39 is 8.32 Å². The Morgan fingerprint density at radius 3 is 2.16 bits per heavy atom. The molecule has 4 nitrogen and oxygen atoms in total. The first-order chi connectivity index (χ1) is 22.6. The fraction of sp³-hybridized carbons (Fsp3) is 0.727. The fourth-order valence-corrected chi connectivity index (χ4v) is 13.3. The lowest BCUT2D eigenvalue weighted by Crippen LogP contribution is -2.62. The van der Waals surface area contributed by atoms with Gasteiger partial charge in [0.25, 0.3) is 14.3 Å². The molecule has 0 aromatic heterocycles. The van der Waals surface area contributed by atoms with Gasteiger partial charge in [-0.3, -0.25) is 4.79 Å². The van der Waals surface area contributed by atoms with Gasteiger partial charge < -0.3 is 9.16 Å². The van der Waals surface area contributed by atoms with E-state index in [1.807, 2.05) is 12.1 Å². The highest BCUT2D eigenvalue weighted by atomic mass is 28.4. The van der Waals surface area contributed by atoms with Gasteiger partial charge in [0.2, 0.25) is 0 Å². The van der Waals surface area contributed by atoms with Crippen LogP contribution in [0.3, 0.4) is 0 Å². The third-order valence-corrected chi connectivity index (χ3v) is 20.9. The van der Waals surface area contributed by atoms with E-state index in [4.69, 9.17) is 9.16 Å². The standard InChI is InChI=1S/C44H66O4Si/c1-27-26-32(39(46)48-49(12,13)40(3,4)5)31-20-24-43(9)34(37(31)28(27)2)18-19-36-42(8)23-21-33(29-14-16-30(17-15-29)38(45)47-11)41(6,7)35(42)22-25-44(36,43)10/h14-18,21,27-28,31-32,35-37H,19-20,22-26H2,1-13H3/t27?,28?,31?,32-,35?,36?,37?,42?,43?,44?/m1/s1. The van der Waals surface area contributed by atoms with E-state index in [0.29, 0.717) is 41.1 Å². The van der Waals surface area contributed by atoms with Crippen molar-refractivity contribution >= 4 is 25.8 Å². The lowest BCUT2D eigenvalue weighted by molar-refractivity contribution is -0.162. The Kier molecular flexibility index (Phi) is 8.94. The number of methoxy groups -OCH3 is 1. The maximum absolute atomic E-state index is 14.1. The van der Waals surface area contributed by atoms with Crippen LogP contribution in [0.1, 0.15) is 130 Å². The molecule has 3 fully saturated rings. The van der Waals surface area contributed by atoms with Crippen molar-refractivity contribution < 1.29 is 18.8 Å². The van der Waals surface area contributed by atoms with Gasteiger partial charge in [0.05, 0.1) is 18.6 Å². The SMILES string of the molecule is COC(=O)c1ccc(C2=CCC3(C)C(CCC4(C)C3CC=C3C5C(C)C(C)C[C@@H](C(=O)O[Si](C)(C)C(C)(C)C)C5CCC34C)C2(C)C)cc1. The lowest BCUT2D eigenvalue weighted by Gasteiger charge is -2.70. The number of ether oxygens (including phenoxy) is 1. The van der Waals surface area contributed by atoms with Gasteiger partial charge in [0.1, 0.15) is 0 Å². The second-order valence-corrected chi connectivity index (χ2v) is 24.7. The number of rotatable bonds is 4. The van der Waals surface area contributed by atoms with Crippen LogP contribution in [-0.2, 0) is 14.0 Å². The van der Waals surface area contributed by atoms with Crippen LogP contribution in [0.2, 0.25) is 18.1 Å². The molecule has 0 N–H and O–H groups in total. The normalized spacial score (nSPS) is 40.0. The largest absolute Gasteiger partial charge is 0.519 e. The van der Waals surface area contributed by atoms with Crippen molar-refractivity contribution in [2.75, 3.05) is 7.11 Å². The molecule has 0 spiro atoms. The molecule has 0 amide bonds. The maximum atomic E-state index is 14.1. The van der Waals surface area contributed by atoms with Gasteiger partial charge in [-0.15, -0.1) is 0 Å². The zero-order valence-corrected chi connectivity index (χ0v) is 34.1. The minimum absolute atomic E-state index is 0.0129. The molecule has 6 rings (SSSR count). The van der Waals surface area contributed by atoms with Crippen LogP contribution in [0.15, 0.2) is 42.0 Å². The molecule has 270 valence electrons. The van der Waals surface area contributed by atoms with Crippen LogP contribution in [0.25, 0.3) is 5.57 Å². The second-order valence-electron chi connectivity index (χ2n) is 20.0. The third-order valence-electron chi connectivity index (χ3n) is 16.6. The molecule has 0 radical (unpaired) electrons. The number of esters is 1. The van der Waals surface area contributed by atoms with Crippen LogP contribution in [0, 0.1) is 63.1 Å². The van der Waals surface area contributed by atoms with Crippen molar-refractivity contribution in [1.82, 2.24) is 0 Å². The summed E-state index contributed by atoms with van der Waals surface area (Å²) in [6.07, 6.45) is 13.3. The number of fused-ring (bicyclic) bond motifs is 7. The van der Waals surface area contributed by atoms with E-state index in [1.54, 1.807) is 5.57 Å². The van der Waals surface area contributed by atoms with Gasteiger partial charge in [-0.1, -0.05) is 99.1 Å². The van der Waals surface area contributed by atoms with Crippen molar-refractivity contribution in [3.05, 3.63) is 53.1 Å². The molecule has 10 atom stereocenters. The molecule has 1 aromatic rings. The summed E-state index contributed by atoms with van der Waals surface area (Å²) in [7, 11) is -0.751. The molecule has 0 aliphatic heterocycles. The molecule has 1 aromatic carbocycles. The van der Waals surface area contributed by atoms with Crippen LogP contribution < -0.4 is 0 Å². The smallest absolute Gasteiger partial charge is 0.337 e. The molecule has 3 saturated carbocycles. The molecule has 49 heavy (non-hydrogen) atoms. The van der Waals surface area contributed by atoms with Crippen LogP contribution in [0.4, 0.5) is 0 Å². The van der Waals surface area contributed by atoms with E-state index >= 15 is 0 Å². The first kappa shape index (κ1) is 36.6. The molecule has 0 saturated heterocycles. The highest BCUT2D eigenvalue weighted by molar-refractivity contribution is 6.75. The minimum atomic E-state index is -2.19. The van der Waals surface area contributed by atoms with Crippen molar-refractivity contribution in [2.45, 2.75) is 132 Å². The molecule has 0 bridgehead atoms. The van der Waals surface area contributed by atoms with Crippen LogP contribution in [0.5, 0.6) is 0 Å². The van der Waals surface area contributed by atoms with Gasteiger partial charge in [-0.05, 0) is 144 Å². The summed E-state index contributed by atoms with van der Waals surface area (Å²) in [5.74, 6) is 2.95. The summed E-state index contributed by atoms with van der Waals surface area (Å²) in [6.45, 7) is 28.9. The Bertz CT molecular complexity index is 1540. The predicted octanol–water partition coefficient (Wildman–Crippen LogP) is 11.5. The van der Waals surface area contributed by atoms with E-state index in [1.165, 1.54) is 37.5 Å². The zero-order chi connectivity index (χ0) is 36.1. The number of carbonyl (C=O) groups is 2. The van der Waals surface area contributed by atoms with Gasteiger partial charge in [0, 0.05) is 0 Å². The fourth-order valence-electron chi connectivity index (χ4n) is 12.4. The van der Waals surface area contributed by atoms with Crippen molar-refractivity contribution in [1.29, 1.82) is 0 Å². The number of hydrogen-bond donors (Lipinski definition) is 0. The van der Waals surface area contributed by atoms with Crippen molar-refractivity contribution in [3.8, 4) is 0 Å². The molecule has 5 aliphatic rings. The van der Waals surface area contributed by atoms with Crippen molar-refractivity contribution in [3.63, 3.8) is 0 Å². The average Bonchev–Trinajstić information content (AvgIpc) is 3.01. The topological polar surface area (TPSA) is 52.6 Å². The molecule has 5 heteroatoms. The summed E-state index contributed by atoms with van der Waals surface area (Å²) < 4.78 is 11.5. The first-order valence-corrected chi connectivity index (χ1v) is 22.4. The number of benzene rings is 1. The Hall–Kier alpha value is -2.14. The Balaban J connectivity index is 1.32. The highest BCUT2D eigenvalue weighted by Gasteiger charge is 2.67. The van der Waals surface area contributed by atoms with Crippen molar-refractivity contribution in [2.24, 2.45) is 63.1 Å². The van der Waals surface area contributed by atoms with E-state index in [2.05, 4.69) is 107 Å². The van der Waals surface area contributed by atoms with Gasteiger partial charge in [-0.2, -0.15) is 0 Å². The summed E-state index contributed by atoms with van der Waals surface area (Å²) in [5.41, 5.74) is 5.54. The number of hydrogen-bond acceptors (Lipinski definition) is 4. The van der Waals surface area contributed by atoms with E-state index in [-0.39, 0.29) is 44.6 Å². The van der Waals surface area contributed by atoms with Gasteiger partial charge in [0.15, 0.2) is 0 Å². The zero-order valence-electron chi connectivity index (χ0n) is 33.1. The maximum Gasteiger partial charge on any atom is 0.337 e. The second kappa shape index (κ2) is 12.0. The summed E-state index contributed by atoms with van der Waals surface area (Å²) in [4.78, 5) is 26.2. The average molecular weight is 687 g/mol. The molecule has 5 aliphatic carbocycles. The number of allylic oxidation sites excluding steroid dienone is 4. The molecular formula is C44H66O4Si. The van der Waals surface area contributed by atoms with E-state index in [9.17, 15) is 9.59 Å². The minimum Gasteiger partial charge on any atom is -0.519 e. The van der Waals surface area contributed by atoms with Crippen LogP contribution >= 0.6 is 0 Å². The Morgan fingerprint density at radius 2 is 1.55 bits per heavy atom.